The summed E-state index contributed by atoms with van der Waals surface area (Å²) in [7, 11) is 0. The van der Waals surface area contributed by atoms with E-state index in [1.807, 2.05) is 6.92 Å². The normalized spacial score (nSPS) is 11.9. The predicted molar refractivity (Wildman–Crippen MR) is 74.0 cm³/mol. The molecule has 0 spiro atoms. The number of rotatable bonds is 5. The van der Waals surface area contributed by atoms with E-state index in [1.165, 1.54) is 4.90 Å². The van der Waals surface area contributed by atoms with Crippen LogP contribution in [-0.2, 0) is 4.79 Å². The van der Waals surface area contributed by atoms with Crippen molar-refractivity contribution in [3.05, 3.63) is 29.3 Å². The van der Waals surface area contributed by atoms with Gasteiger partial charge < -0.3 is 15.7 Å². The van der Waals surface area contributed by atoms with Crippen LogP contribution in [0.1, 0.15) is 29.8 Å². The van der Waals surface area contributed by atoms with Crippen molar-refractivity contribution in [1.29, 1.82) is 0 Å². The standard InChI is InChI=1S/C14H20N2O3/c1-4-16(8-9(2)14(18)19)13(17)11-6-5-7-12(15)10(11)3/h5-7,9H,4,8,15H2,1-3H3,(H,18,19). The van der Waals surface area contributed by atoms with Gasteiger partial charge >= 0.3 is 5.97 Å². The Bertz CT molecular complexity index is 486. The van der Waals surface area contributed by atoms with Crippen LogP contribution in [0, 0.1) is 12.8 Å². The molecule has 0 saturated heterocycles. The highest BCUT2D eigenvalue weighted by Crippen LogP contribution is 2.18. The molecule has 1 unspecified atom stereocenters. The first-order chi connectivity index (χ1) is 8.88. The first-order valence-corrected chi connectivity index (χ1v) is 6.25. The summed E-state index contributed by atoms with van der Waals surface area (Å²) < 4.78 is 0. The van der Waals surface area contributed by atoms with E-state index in [-0.39, 0.29) is 12.5 Å². The largest absolute Gasteiger partial charge is 0.481 e. The van der Waals surface area contributed by atoms with Gasteiger partial charge in [-0.1, -0.05) is 13.0 Å². The number of carboxylic acid groups (broad SMARTS) is 1. The summed E-state index contributed by atoms with van der Waals surface area (Å²) in [5.74, 6) is -1.68. The fourth-order valence-corrected chi connectivity index (χ4v) is 1.82. The highest BCUT2D eigenvalue weighted by atomic mass is 16.4. The lowest BCUT2D eigenvalue weighted by molar-refractivity contribution is -0.141. The molecule has 0 fully saturated rings. The van der Waals surface area contributed by atoms with Gasteiger partial charge in [0.1, 0.15) is 0 Å². The smallest absolute Gasteiger partial charge is 0.308 e. The van der Waals surface area contributed by atoms with E-state index in [2.05, 4.69) is 0 Å². The zero-order valence-corrected chi connectivity index (χ0v) is 11.5. The second-order valence-electron chi connectivity index (χ2n) is 4.60. The molecule has 5 nitrogen and oxygen atoms in total. The summed E-state index contributed by atoms with van der Waals surface area (Å²) in [6, 6.07) is 5.18. The highest BCUT2D eigenvalue weighted by Gasteiger charge is 2.21. The zero-order chi connectivity index (χ0) is 14.6. The number of carboxylic acids is 1. The molecule has 0 aliphatic heterocycles. The maximum absolute atomic E-state index is 12.4. The number of anilines is 1. The van der Waals surface area contributed by atoms with Crippen molar-refractivity contribution in [2.24, 2.45) is 5.92 Å². The lowest BCUT2D eigenvalue weighted by atomic mass is 10.0. The number of carbonyl (C=O) groups is 2. The minimum atomic E-state index is -0.907. The van der Waals surface area contributed by atoms with Crippen LogP contribution >= 0.6 is 0 Å². The molecule has 1 aromatic carbocycles. The summed E-state index contributed by atoms with van der Waals surface area (Å²) in [6.07, 6.45) is 0. The van der Waals surface area contributed by atoms with E-state index in [1.54, 1.807) is 32.0 Å². The number of hydrogen-bond acceptors (Lipinski definition) is 3. The first-order valence-electron chi connectivity index (χ1n) is 6.25. The Labute approximate surface area is 113 Å². The van der Waals surface area contributed by atoms with Gasteiger partial charge in [-0.25, -0.2) is 0 Å². The van der Waals surface area contributed by atoms with Gasteiger partial charge in [0, 0.05) is 24.3 Å². The average molecular weight is 264 g/mol. The number of hydrogen-bond donors (Lipinski definition) is 2. The molecule has 1 rings (SSSR count). The quantitative estimate of drug-likeness (QED) is 0.794. The molecule has 0 bridgehead atoms. The lowest BCUT2D eigenvalue weighted by Gasteiger charge is -2.24. The van der Waals surface area contributed by atoms with Crippen molar-refractivity contribution in [2.45, 2.75) is 20.8 Å². The average Bonchev–Trinajstić information content (AvgIpc) is 2.38. The van der Waals surface area contributed by atoms with Crippen molar-refractivity contribution in [1.82, 2.24) is 4.90 Å². The minimum absolute atomic E-state index is 0.180. The number of nitrogen functional groups attached to an aromatic ring is 1. The molecule has 0 saturated carbocycles. The number of nitrogens with zero attached hydrogens (tertiary/aromatic N) is 1. The van der Waals surface area contributed by atoms with Crippen molar-refractivity contribution < 1.29 is 14.7 Å². The van der Waals surface area contributed by atoms with Crippen LogP contribution in [0.2, 0.25) is 0 Å². The maximum atomic E-state index is 12.4. The molecule has 1 aromatic rings. The molecular weight excluding hydrogens is 244 g/mol. The van der Waals surface area contributed by atoms with Gasteiger partial charge in [-0.3, -0.25) is 9.59 Å². The lowest BCUT2D eigenvalue weighted by Crippen LogP contribution is -2.37. The molecule has 0 radical (unpaired) electrons. The van der Waals surface area contributed by atoms with Crippen LogP contribution in [-0.4, -0.2) is 35.0 Å². The minimum Gasteiger partial charge on any atom is -0.481 e. The molecule has 0 aromatic heterocycles. The van der Waals surface area contributed by atoms with Gasteiger partial charge in [0.05, 0.1) is 5.92 Å². The van der Waals surface area contributed by atoms with E-state index in [9.17, 15) is 9.59 Å². The number of carbonyl (C=O) groups excluding carboxylic acids is 1. The molecule has 3 N–H and O–H groups in total. The van der Waals surface area contributed by atoms with E-state index < -0.39 is 11.9 Å². The molecule has 0 heterocycles. The van der Waals surface area contributed by atoms with Gasteiger partial charge in [-0.15, -0.1) is 0 Å². The second-order valence-corrected chi connectivity index (χ2v) is 4.60. The Hall–Kier alpha value is -2.04. The van der Waals surface area contributed by atoms with Crippen molar-refractivity contribution in [2.75, 3.05) is 18.8 Å². The molecule has 1 atom stereocenters. The Kier molecular flexibility index (Phi) is 4.92. The third kappa shape index (κ3) is 3.47. The summed E-state index contributed by atoms with van der Waals surface area (Å²) in [5, 5.41) is 8.92. The Morgan fingerprint density at radius 2 is 2.05 bits per heavy atom. The van der Waals surface area contributed by atoms with E-state index in [4.69, 9.17) is 10.8 Å². The number of amides is 1. The van der Waals surface area contributed by atoms with Crippen molar-refractivity contribution in [3.8, 4) is 0 Å². The van der Waals surface area contributed by atoms with Crippen LogP contribution < -0.4 is 5.73 Å². The van der Waals surface area contributed by atoms with Crippen molar-refractivity contribution in [3.63, 3.8) is 0 Å². The van der Waals surface area contributed by atoms with Gasteiger partial charge in [0.15, 0.2) is 0 Å². The highest BCUT2D eigenvalue weighted by molar-refractivity contribution is 5.97. The van der Waals surface area contributed by atoms with E-state index >= 15 is 0 Å². The second kappa shape index (κ2) is 6.22. The van der Waals surface area contributed by atoms with E-state index in [0.717, 1.165) is 5.56 Å². The summed E-state index contributed by atoms with van der Waals surface area (Å²) in [6.45, 7) is 5.86. The van der Waals surface area contributed by atoms with Gasteiger partial charge in [-0.2, -0.15) is 0 Å². The summed E-state index contributed by atoms with van der Waals surface area (Å²) >= 11 is 0. The topological polar surface area (TPSA) is 83.6 Å². The van der Waals surface area contributed by atoms with Crippen LogP contribution in [0.3, 0.4) is 0 Å². The first kappa shape index (κ1) is 15.0. The molecule has 5 heteroatoms. The van der Waals surface area contributed by atoms with Crippen LogP contribution in [0.25, 0.3) is 0 Å². The Balaban J connectivity index is 2.96. The van der Waals surface area contributed by atoms with Gasteiger partial charge in [0.25, 0.3) is 5.91 Å². The summed E-state index contributed by atoms with van der Waals surface area (Å²) in [5.41, 5.74) is 7.61. The number of nitrogens with two attached hydrogens (primary N) is 1. The van der Waals surface area contributed by atoms with Crippen LogP contribution in [0.15, 0.2) is 18.2 Å². The molecule has 19 heavy (non-hydrogen) atoms. The third-order valence-electron chi connectivity index (χ3n) is 3.19. The Morgan fingerprint density at radius 1 is 1.42 bits per heavy atom. The van der Waals surface area contributed by atoms with Gasteiger partial charge in [0.2, 0.25) is 0 Å². The number of benzene rings is 1. The molecule has 104 valence electrons. The monoisotopic (exact) mass is 264 g/mol. The van der Waals surface area contributed by atoms with Crippen LogP contribution in [0.4, 0.5) is 5.69 Å². The van der Waals surface area contributed by atoms with E-state index in [0.29, 0.717) is 17.8 Å². The molecule has 0 aliphatic carbocycles. The fourth-order valence-electron chi connectivity index (χ4n) is 1.82. The fraction of sp³-hybridized carbons (Fsp3) is 0.429. The Morgan fingerprint density at radius 3 is 2.58 bits per heavy atom. The van der Waals surface area contributed by atoms with Crippen LogP contribution in [0.5, 0.6) is 0 Å². The third-order valence-corrected chi connectivity index (χ3v) is 3.19. The predicted octanol–water partition coefficient (Wildman–Crippen LogP) is 1.76. The number of aliphatic carboxylic acids is 1. The molecular formula is C14H20N2O3. The van der Waals surface area contributed by atoms with Crippen molar-refractivity contribution >= 4 is 17.6 Å². The zero-order valence-electron chi connectivity index (χ0n) is 11.5. The SMILES string of the molecule is CCN(CC(C)C(=O)O)C(=O)c1cccc(N)c1C. The molecule has 1 amide bonds. The summed E-state index contributed by atoms with van der Waals surface area (Å²) in [4.78, 5) is 24.8. The maximum Gasteiger partial charge on any atom is 0.308 e. The van der Waals surface area contributed by atoms with Gasteiger partial charge in [-0.05, 0) is 31.5 Å². The molecule has 0 aliphatic rings.